The zero-order valence-corrected chi connectivity index (χ0v) is 12.7. The molecule has 2 aromatic rings. The Morgan fingerprint density at radius 2 is 1.95 bits per heavy atom. The number of anilines is 1. The molecule has 1 N–H and O–H groups in total. The lowest BCUT2D eigenvalue weighted by Crippen LogP contribution is -2.16. The van der Waals surface area contributed by atoms with E-state index >= 15 is 0 Å². The molecule has 0 saturated heterocycles. The highest BCUT2D eigenvalue weighted by Gasteiger charge is 2.24. The van der Waals surface area contributed by atoms with Crippen molar-refractivity contribution in [3.63, 3.8) is 0 Å². The number of benzene rings is 1. The molecule has 2 rings (SSSR count). The van der Waals surface area contributed by atoms with Gasteiger partial charge in [0.2, 0.25) is 0 Å². The van der Waals surface area contributed by atoms with Crippen LogP contribution in [0.3, 0.4) is 0 Å². The van der Waals surface area contributed by atoms with Gasteiger partial charge in [0.05, 0.1) is 5.02 Å². The van der Waals surface area contributed by atoms with Crippen molar-refractivity contribution in [1.82, 2.24) is 4.98 Å². The number of pyridine rings is 1. The lowest BCUT2D eigenvalue weighted by Gasteiger charge is -2.10. The second-order valence-corrected chi connectivity index (χ2v) is 6.58. The zero-order valence-electron chi connectivity index (χ0n) is 9.57. The van der Waals surface area contributed by atoms with Crippen molar-refractivity contribution in [3.05, 3.63) is 51.6 Å². The van der Waals surface area contributed by atoms with Crippen molar-refractivity contribution < 1.29 is 17.2 Å². The van der Waals surface area contributed by atoms with Crippen molar-refractivity contribution in [2.75, 3.05) is 4.72 Å². The molecule has 0 amide bonds. The molecule has 0 aliphatic carbocycles. The molecule has 106 valence electrons. The number of halogens is 4. The molecule has 0 fully saturated rings. The normalized spacial score (nSPS) is 11.4. The van der Waals surface area contributed by atoms with E-state index in [2.05, 4.69) is 25.6 Å². The Morgan fingerprint density at radius 1 is 1.25 bits per heavy atom. The van der Waals surface area contributed by atoms with E-state index in [0.29, 0.717) is 11.1 Å². The lowest BCUT2D eigenvalue weighted by molar-refractivity contribution is 0.548. The number of hydrogen-bond donors (Lipinski definition) is 1. The number of aromatic nitrogens is 1. The summed E-state index contributed by atoms with van der Waals surface area (Å²) >= 11 is 8.44. The first-order chi connectivity index (χ1) is 9.29. The van der Waals surface area contributed by atoms with Gasteiger partial charge in [-0.1, -0.05) is 11.6 Å². The molecule has 4 nitrogen and oxygen atoms in total. The molecule has 20 heavy (non-hydrogen) atoms. The summed E-state index contributed by atoms with van der Waals surface area (Å²) < 4.78 is 52.6. The van der Waals surface area contributed by atoms with E-state index in [0.717, 1.165) is 6.07 Å². The van der Waals surface area contributed by atoms with Gasteiger partial charge in [0.1, 0.15) is 22.3 Å². The number of sulfonamides is 1. The van der Waals surface area contributed by atoms with Gasteiger partial charge < -0.3 is 0 Å². The van der Waals surface area contributed by atoms with E-state index in [9.17, 15) is 17.2 Å². The summed E-state index contributed by atoms with van der Waals surface area (Å²) in [7, 11) is -4.25. The van der Waals surface area contributed by atoms with Gasteiger partial charge in [0.15, 0.2) is 0 Å². The van der Waals surface area contributed by atoms with Crippen molar-refractivity contribution >= 4 is 43.4 Å². The lowest BCUT2D eigenvalue weighted by atomic mass is 10.3. The highest BCUT2D eigenvalue weighted by molar-refractivity contribution is 9.10. The summed E-state index contributed by atoms with van der Waals surface area (Å²) in [6.45, 7) is 0. The van der Waals surface area contributed by atoms with Gasteiger partial charge in [-0.25, -0.2) is 22.2 Å². The van der Waals surface area contributed by atoms with Crippen LogP contribution in [-0.4, -0.2) is 13.4 Å². The average Bonchev–Trinajstić information content (AvgIpc) is 2.30. The van der Waals surface area contributed by atoms with Crippen LogP contribution in [0, 0.1) is 11.6 Å². The van der Waals surface area contributed by atoms with Gasteiger partial charge in [0.25, 0.3) is 10.0 Å². The Hall–Kier alpha value is -1.25. The van der Waals surface area contributed by atoms with Crippen LogP contribution in [0.2, 0.25) is 5.02 Å². The molecule has 0 saturated carbocycles. The highest BCUT2D eigenvalue weighted by Crippen LogP contribution is 2.27. The van der Waals surface area contributed by atoms with Crippen molar-refractivity contribution in [2.45, 2.75) is 4.90 Å². The molecule has 9 heteroatoms. The van der Waals surface area contributed by atoms with Crippen LogP contribution >= 0.6 is 27.5 Å². The van der Waals surface area contributed by atoms with Crippen LogP contribution in [0.15, 0.2) is 39.8 Å². The Bertz CT molecular complexity index is 731. The van der Waals surface area contributed by atoms with Crippen LogP contribution in [0.25, 0.3) is 0 Å². The fourth-order valence-electron chi connectivity index (χ4n) is 1.41. The minimum atomic E-state index is -4.25. The Labute approximate surface area is 127 Å². The fraction of sp³-hybridized carbons (Fsp3) is 0. The molecule has 1 heterocycles. The molecule has 0 aliphatic rings. The van der Waals surface area contributed by atoms with E-state index in [1.54, 1.807) is 0 Å². The third-order valence-electron chi connectivity index (χ3n) is 2.20. The standard InChI is InChI=1S/C11H6BrClF2N2O2S/c12-8-3-7(14)4-9(15)11(8)20(18,19)17-10-2-1-6(13)5-16-10/h1-5H,(H,16,17). The monoisotopic (exact) mass is 382 g/mol. The Kier molecular flexibility index (Phi) is 4.26. The Morgan fingerprint density at radius 3 is 2.50 bits per heavy atom. The Balaban J connectivity index is 2.43. The minimum Gasteiger partial charge on any atom is -0.263 e. The fourth-order valence-corrected chi connectivity index (χ4v) is 3.70. The second-order valence-electron chi connectivity index (χ2n) is 3.67. The SMILES string of the molecule is O=S(=O)(Nc1ccc(Cl)cn1)c1c(F)cc(F)cc1Br. The maximum absolute atomic E-state index is 13.6. The molecule has 1 aromatic carbocycles. The summed E-state index contributed by atoms with van der Waals surface area (Å²) in [5, 5.41) is 0.321. The van der Waals surface area contributed by atoms with Crippen LogP contribution in [0.4, 0.5) is 14.6 Å². The molecule has 0 unspecified atom stereocenters. The molecular formula is C11H6BrClF2N2O2S. The largest absolute Gasteiger partial charge is 0.267 e. The van der Waals surface area contributed by atoms with Crippen LogP contribution in [0.1, 0.15) is 0 Å². The summed E-state index contributed by atoms with van der Waals surface area (Å²) in [5.41, 5.74) is 0. The van der Waals surface area contributed by atoms with E-state index in [1.165, 1.54) is 18.3 Å². The molecule has 1 aromatic heterocycles. The van der Waals surface area contributed by atoms with Gasteiger partial charge in [-0.3, -0.25) is 4.72 Å². The first-order valence-corrected chi connectivity index (χ1v) is 7.74. The number of hydrogen-bond acceptors (Lipinski definition) is 3. The van der Waals surface area contributed by atoms with E-state index < -0.39 is 26.6 Å². The molecule has 0 spiro atoms. The third-order valence-corrected chi connectivity index (χ3v) is 4.74. The molecule has 0 radical (unpaired) electrons. The molecular weight excluding hydrogens is 378 g/mol. The molecule has 0 atom stereocenters. The zero-order chi connectivity index (χ0) is 14.9. The van der Waals surface area contributed by atoms with Crippen LogP contribution in [0.5, 0.6) is 0 Å². The first-order valence-electron chi connectivity index (χ1n) is 5.08. The maximum Gasteiger partial charge on any atom is 0.267 e. The maximum atomic E-state index is 13.6. The topological polar surface area (TPSA) is 59.1 Å². The molecule has 0 aliphatic heterocycles. The number of nitrogens with zero attached hydrogens (tertiary/aromatic N) is 1. The minimum absolute atomic E-state index is 0.0370. The summed E-state index contributed by atoms with van der Waals surface area (Å²) in [6.07, 6.45) is 1.23. The smallest absolute Gasteiger partial charge is 0.263 e. The van der Waals surface area contributed by atoms with Gasteiger partial charge in [-0.05, 0) is 34.1 Å². The highest BCUT2D eigenvalue weighted by atomic mass is 79.9. The summed E-state index contributed by atoms with van der Waals surface area (Å²) in [6, 6.07) is 4.07. The molecule has 0 bridgehead atoms. The number of rotatable bonds is 3. The van der Waals surface area contributed by atoms with E-state index in [4.69, 9.17) is 11.6 Å². The quantitative estimate of drug-likeness (QED) is 0.881. The van der Waals surface area contributed by atoms with Crippen LogP contribution < -0.4 is 4.72 Å². The second kappa shape index (κ2) is 5.63. The number of nitrogens with one attached hydrogen (secondary N) is 1. The van der Waals surface area contributed by atoms with Crippen molar-refractivity contribution in [2.24, 2.45) is 0 Å². The van der Waals surface area contributed by atoms with Gasteiger partial charge in [-0.15, -0.1) is 0 Å². The van der Waals surface area contributed by atoms with Gasteiger partial charge in [-0.2, -0.15) is 0 Å². The predicted molar refractivity (Wildman–Crippen MR) is 74.1 cm³/mol. The predicted octanol–water partition coefficient (Wildman–Crippen LogP) is 3.58. The van der Waals surface area contributed by atoms with E-state index in [1.807, 2.05) is 0 Å². The van der Waals surface area contributed by atoms with Gasteiger partial charge >= 0.3 is 0 Å². The van der Waals surface area contributed by atoms with Crippen molar-refractivity contribution in [1.29, 1.82) is 0 Å². The third kappa shape index (κ3) is 3.25. The average molecular weight is 384 g/mol. The summed E-state index contributed by atoms with van der Waals surface area (Å²) in [5.74, 6) is -2.14. The van der Waals surface area contributed by atoms with Crippen molar-refractivity contribution in [3.8, 4) is 0 Å². The summed E-state index contributed by atoms with van der Waals surface area (Å²) in [4.78, 5) is 3.03. The first kappa shape index (κ1) is 15.1. The van der Waals surface area contributed by atoms with E-state index in [-0.39, 0.29) is 10.3 Å². The van der Waals surface area contributed by atoms with Crippen LogP contribution in [-0.2, 0) is 10.0 Å². The van der Waals surface area contributed by atoms with Gasteiger partial charge in [0, 0.05) is 16.7 Å².